The fourth-order valence-electron chi connectivity index (χ4n) is 2.53. The van der Waals surface area contributed by atoms with Crippen LogP contribution in [0.5, 0.6) is 0 Å². The van der Waals surface area contributed by atoms with E-state index in [0.29, 0.717) is 6.54 Å². The number of fused-ring (bicyclic) bond motifs is 1. The van der Waals surface area contributed by atoms with Crippen molar-refractivity contribution in [1.82, 2.24) is 9.97 Å². The summed E-state index contributed by atoms with van der Waals surface area (Å²) in [4.78, 5) is 11.3. The minimum atomic E-state index is 0. The van der Waals surface area contributed by atoms with Crippen molar-refractivity contribution in [3.63, 3.8) is 0 Å². The number of anilines is 1. The van der Waals surface area contributed by atoms with E-state index >= 15 is 0 Å². The zero-order valence-corrected chi connectivity index (χ0v) is 12.4. The van der Waals surface area contributed by atoms with Crippen molar-refractivity contribution in [3.05, 3.63) is 52.8 Å². The molecule has 2 heterocycles. The van der Waals surface area contributed by atoms with Gasteiger partial charge in [-0.05, 0) is 30.5 Å². The Balaban J connectivity index is 0.00000147. The van der Waals surface area contributed by atoms with Crippen LogP contribution in [0.4, 0.5) is 5.95 Å². The summed E-state index contributed by atoms with van der Waals surface area (Å²) in [6.45, 7) is 4.29. The number of nitrogens with two attached hydrogens (primary N) is 1. The summed E-state index contributed by atoms with van der Waals surface area (Å²) < 4.78 is 0. The van der Waals surface area contributed by atoms with Crippen molar-refractivity contribution in [1.29, 1.82) is 0 Å². The molecule has 3 rings (SSSR count). The van der Waals surface area contributed by atoms with Gasteiger partial charge in [0.1, 0.15) is 0 Å². The van der Waals surface area contributed by atoms with E-state index in [1.807, 2.05) is 13.0 Å². The maximum absolute atomic E-state index is 5.68. The summed E-state index contributed by atoms with van der Waals surface area (Å²) in [5.74, 6) is 0.801. The van der Waals surface area contributed by atoms with Gasteiger partial charge in [0.05, 0.1) is 5.69 Å². The molecule has 0 atom stereocenters. The van der Waals surface area contributed by atoms with E-state index < -0.39 is 0 Å². The molecule has 5 heteroatoms. The summed E-state index contributed by atoms with van der Waals surface area (Å²) in [6.07, 6.45) is 1.05. The predicted octanol–water partition coefficient (Wildman–Crippen LogP) is 2.23. The van der Waals surface area contributed by atoms with E-state index in [2.05, 4.69) is 39.1 Å². The van der Waals surface area contributed by atoms with Gasteiger partial charge >= 0.3 is 0 Å². The summed E-state index contributed by atoms with van der Waals surface area (Å²) in [6, 6.07) is 10.5. The molecular weight excluding hydrogens is 272 g/mol. The van der Waals surface area contributed by atoms with Gasteiger partial charge in [-0.3, -0.25) is 0 Å². The minimum absolute atomic E-state index is 0. The zero-order chi connectivity index (χ0) is 13.2. The summed E-state index contributed by atoms with van der Waals surface area (Å²) in [7, 11) is 0. The molecule has 4 nitrogen and oxygen atoms in total. The normalized spacial score (nSPS) is 13.6. The fourth-order valence-corrected chi connectivity index (χ4v) is 2.53. The lowest BCUT2D eigenvalue weighted by atomic mass is 10.0. The third-order valence-electron chi connectivity index (χ3n) is 3.52. The molecule has 2 N–H and O–H groups in total. The predicted molar refractivity (Wildman–Crippen MR) is 83.1 cm³/mol. The Morgan fingerprint density at radius 3 is 2.70 bits per heavy atom. The number of halogens is 1. The number of benzene rings is 1. The number of nitrogens with zero attached hydrogens (tertiary/aromatic N) is 3. The molecule has 1 aromatic carbocycles. The van der Waals surface area contributed by atoms with Crippen LogP contribution in [0.15, 0.2) is 30.3 Å². The second-order valence-corrected chi connectivity index (χ2v) is 4.95. The fraction of sp³-hybridized carbons (Fsp3) is 0.333. The molecule has 1 aliphatic heterocycles. The van der Waals surface area contributed by atoms with E-state index in [-0.39, 0.29) is 12.4 Å². The Morgan fingerprint density at radius 2 is 1.95 bits per heavy atom. The van der Waals surface area contributed by atoms with Gasteiger partial charge in [0.2, 0.25) is 5.95 Å². The highest BCUT2D eigenvalue weighted by Gasteiger charge is 2.18. The largest absolute Gasteiger partial charge is 0.336 e. The lowest BCUT2D eigenvalue weighted by molar-refractivity contribution is 0.701. The van der Waals surface area contributed by atoms with E-state index in [9.17, 15) is 0 Å². The van der Waals surface area contributed by atoms with Gasteiger partial charge < -0.3 is 10.6 Å². The molecule has 0 amide bonds. The average molecular weight is 291 g/mol. The monoisotopic (exact) mass is 290 g/mol. The smallest absolute Gasteiger partial charge is 0.226 e. The molecule has 0 saturated carbocycles. The molecule has 1 aromatic heterocycles. The van der Waals surface area contributed by atoms with Crippen molar-refractivity contribution in [2.24, 2.45) is 5.73 Å². The topological polar surface area (TPSA) is 55.0 Å². The maximum Gasteiger partial charge on any atom is 0.226 e. The van der Waals surface area contributed by atoms with Crippen LogP contribution in [0.2, 0.25) is 0 Å². The van der Waals surface area contributed by atoms with E-state index in [4.69, 9.17) is 5.73 Å². The first-order chi connectivity index (χ1) is 9.26. The molecule has 0 saturated heterocycles. The molecule has 0 bridgehead atoms. The Hall–Kier alpha value is -1.65. The number of hydrogen-bond acceptors (Lipinski definition) is 4. The third kappa shape index (κ3) is 2.92. The van der Waals surface area contributed by atoms with Crippen LogP contribution in [0.25, 0.3) is 0 Å². The van der Waals surface area contributed by atoms with Crippen LogP contribution in [0.3, 0.4) is 0 Å². The van der Waals surface area contributed by atoms with Crippen LogP contribution in [-0.4, -0.2) is 16.5 Å². The Labute approximate surface area is 125 Å². The Bertz CT molecular complexity index is 600. The van der Waals surface area contributed by atoms with E-state index in [0.717, 1.165) is 36.8 Å². The minimum Gasteiger partial charge on any atom is -0.336 e. The van der Waals surface area contributed by atoms with Crippen molar-refractivity contribution in [2.75, 3.05) is 11.4 Å². The Morgan fingerprint density at radius 1 is 1.20 bits per heavy atom. The van der Waals surface area contributed by atoms with Crippen LogP contribution >= 0.6 is 12.4 Å². The number of rotatable bonds is 2. The molecule has 0 unspecified atom stereocenters. The standard InChI is InChI=1S/C15H18N4.ClH/c1-11-8-14(9-16)18-15(17-11)19-7-6-12-4-2-3-5-13(12)10-19;/h2-5,8H,6-7,9-10,16H2,1H3;1H. The molecule has 0 aliphatic carbocycles. The lowest BCUT2D eigenvalue weighted by Gasteiger charge is -2.29. The lowest BCUT2D eigenvalue weighted by Crippen LogP contribution is -2.32. The molecule has 0 radical (unpaired) electrons. The molecule has 106 valence electrons. The molecule has 1 aliphatic rings. The van der Waals surface area contributed by atoms with Gasteiger partial charge in [-0.2, -0.15) is 0 Å². The summed E-state index contributed by atoms with van der Waals surface area (Å²) >= 11 is 0. The van der Waals surface area contributed by atoms with Gasteiger partial charge in [-0.1, -0.05) is 24.3 Å². The third-order valence-corrected chi connectivity index (χ3v) is 3.52. The van der Waals surface area contributed by atoms with Crippen LogP contribution in [0, 0.1) is 6.92 Å². The van der Waals surface area contributed by atoms with E-state index in [1.54, 1.807) is 0 Å². The summed E-state index contributed by atoms with van der Waals surface area (Å²) in [5, 5.41) is 0. The van der Waals surface area contributed by atoms with E-state index in [1.165, 1.54) is 11.1 Å². The molecule has 0 fully saturated rings. The highest BCUT2D eigenvalue weighted by Crippen LogP contribution is 2.22. The van der Waals surface area contributed by atoms with Crippen LogP contribution in [-0.2, 0) is 19.5 Å². The van der Waals surface area contributed by atoms with Gasteiger partial charge in [-0.15, -0.1) is 12.4 Å². The van der Waals surface area contributed by atoms with Gasteiger partial charge in [0, 0.05) is 25.3 Å². The highest BCUT2D eigenvalue weighted by molar-refractivity contribution is 5.85. The second kappa shape index (κ2) is 6.20. The Kier molecular flexibility index (Phi) is 4.57. The average Bonchev–Trinajstić information content (AvgIpc) is 2.46. The van der Waals surface area contributed by atoms with Crippen molar-refractivity contribution >= 4 is 18.4 Å². The number of hydrogen-bond donors (Lipinski definition) is 1. The first-order valence-corrected chi connectivity index (χ1v) is 6.62. The van der Waals surface area contributed by atoms with Crippen LogP contribution < -0.4 is 10.6 Å². The second-order valence-electron chi connectivity index (χ2n) is 4.95. The maximum atomic E-state index is 5.68. The van der Waals surface area contributed by atoms with Gasteiger partial charge in [0.25, 0.3) is 0 Å². The van der Waals surface area contributed by atoms with Crippen molar-refractivity contribution in [3.8, 4) is 0 Å². The highest BCUT2D eigenvalue weighted by atomic mass is 35.5. The molecule has 2 aromatic rings. The quantitative estimate of drug-likeness (QED) is 0.921. The molecular formula is C15H19ClN4. The number of aromatic nitrogens is 2. The van der Waals surface area contributed by atoms with Gasteiger partial charge in [-0.25, -0.2) is 9.97 Å². The van der Waals surface area contributed by atoms with Gasteiger partial charge in [0.15, 0.2) is 0 Å². The first kappa shape index (κ1) is 14.8. The number of aryl methyl sites for hydroxylation is 1. The molecule has 0 spiro atoms. The summed E-state index contributed by atoms with van der Waals surface area (Å²) in [5.41, 5.74) is 10.4. The van der Waals surface area contributed by atoms with Crippen LogP contribution in [0.1, 0.15) is 22.5 Å². The van der Waals surface area contributed by atoms with Crippen molar-refractivity contribution < 1.29 is 0 Å². The molecule has 20 heavy (non-hydrogen) atoms. The first-order valence-electron chi connectivity index (χ1n) is 6.62. The SMILES string of the molecule is Cc1cc(CN)nc(N2CCc3ccccc3C2)n1.Cl. The zero-order valence-electron chi connectivity index (χ0n) is 11.5. The van der Waals surface area contributed by atoms with Crippen molar-refractivity contribution in [2.45, 2.75) is 26.4 Å².